The number of ether oxygens (including phenoxy) is 3. The van der Waals surface area contributed by atoms with Gasteiger partial charge in [0.2, 0.25) is 0 Å². The molecule has 0 bridgehead atoms. The van der Waals surface area contributed by atoms with E-state index >= 15 is 0 Å². The maximum absolute atomic E-state index is 12.6. The van der Waals surface area contributed by atoms with Gasteiger partial charge in [0.05, 0.1) is 29.2 Å². The number of imide groups is 1. The van der Waals surface area contributed by atoms with Crippen LogP contribution in [0.2, 0.25) is 5.02 Å². The van der Waals surface area contributed by atoms with Gasteiger partial charge in [-0.1, -0.05) is 23.7 Å². The molecule has 1 aliphatic heterocycles. The molecule has 2 aromatic carbocycles. The summed E-state index contributed by atoms with van der Waals surface area (Å²) >= 11 is 7.08. The van der Waals surface area contributed by atoms with E-state index in [2.05, 4.69) is 0 Å². The largest absolute Gasteiger partial charge is 0.493 e. The molecule has 0 spiro atoms. The fourth-order valence-electron chi connectivity index (χ4n) is 3.04. The van der Waals surface area contributed by atoms with Crippen LogP contribution in [0.1, 0.15) is 28.4 Å². The maximum Gasteiger partial charge on any atom is 0.335 e. The van der Waals surface area contributed by atoms with E-state index in [1.165, 1.54) is 31.4 Å². The fourth-order valence-corrected chi connectivity index (χ4v) is 4.15. The smallest absolute Gasteiger partial charge is 0.335 e. The quantitative estimate of drug-likeness (QED) is 0.394. The molecule has 1 heterocycles. The number of carboxylic acid groups (broad SMARTS) is 1. The lowest BCUT2D eigenvalue weighted by Gasteiger charge is -2.14. The van der Waals surface area contributed by atoms with E-state index in [1.807, 2.05) is 0 Å². The van der Waals surface area contributed by atoms with Crippen molar-refractivity contribution in [3.63, 3.8) is 0 Å². The molecule has 0 aromatic heterocycles. The van der Waals surface area contributed by atoms with Gasteiger partial charge < -0.3 is 19.3 Å². The van der Waals surface area contributed by atoms with Gasteiger partial charge in [-0.15, -0.1) is 0 Å². The van der Waals surface area contributed by atoms with Gasteiger partial charge in [0.25, 0.3) is 11.1 Å². The number of hydrogen-bond donors (Lipinski definition) is 1. The van der Waals surface area contributed by atoms with Crippen LogP contribution in [0.4, 0.5) is 4.79 Å². The van der Waals surface area contributed by atoms with E-state index in [0.29, 0.717) is 22.9 Å². The highest BCUT2D eigenvalue weighted by Crippen LogP contribution is 2.39. The Hall–Kier alpha value is -3.50. The molecule has 178 valence electrons. The van der Waals surface area contributed by atoms with Gasteiger partial charge in [-0.2, -0.15) is 0 Å². The fraction of sp³-hybridized carbons (Fsp3) is 0.217. The first kappa shape index (κ1) is 25.1. The van der Waals surface area contributed by atoms with E-state index in [0.717, 1.165) is 4.90 Å². The van der Waals surface area contributed by atoms with Crippen molar-refractivity contribution in [2.24, 2.45) is 0 Å². The van der Waals surface area contributed by atoms with Gasteiger partial charge in [0.1, 0.15) is 13.2 Å². The summed E-state index contributed by atoms with van der Waals surface area (Å²) in [6.45, 7) is 1.35. The summed E-state index contributed by atoms with van der Waals surface area (Å²) in [4.78, 5) is 48.5. The number of carbonyl (C=O) groups excluding carboxylic acids is 3. The van der Waals surface area contributed by atoms with Crippen molar-refractivity contribution in [2.45, 2.75) is 13.5 Å². The Labute approximate surface area is 204 Å². The average Bonchev–Trinajstić information content (AvgIpc) is 3.05. The van der Waals surface area contributed by atoms with Crippen molar-refractivity contribution >= 4 is 52.5 Å². The van der Waals surface area contributed by atoms with Gasteiger partial charge in [0, 0.05) is 0 Å². The molecule has 1 saturated heterocycles. The maximum atomic E-state index is 12.6. The van der Waals surface area contributed by atoms with Crippen LogP contribution < -0.4 is 9.47 Å². The first-order chi connectivity index (χ1) is 16.2. The van der Waals surface area contributed by atoms with Gasteiger partial charge >= 0.3 is 11.9 Å². The number of hydrogen-bond acceptors (Lipinski definition) is 8. The lowest BCUT2D eigenvalue weighted by Crippen LogP contribution is -2.34. The number of nitrogens with zero attached hydrogens (tertiary/aromatic N) is 1. The highest BCUT2D eigenvalue weighted by Gasteiger charge is 2.36. The summed E-state index contributed by atoms with van der Waals surface area (Å²) in [6, 6.07) is 9.40. The lowest BCUT2D eigenvalue weighted by atomic mass is 10.1. The summed E-state index contributed by atoms with van der Waals surface area (Å²) in [7, 11) is 1.42. The molecule has 34 heavy (non-hydrogen) atoms. The number of benzene rings is 2. The first-order valence-electron chi connectivity index (χ1n) is 9.97. The zero-order chi connectivity index (χ0) is 24.8. The number of carbonyl (C=O) groups is 4. The molecule has 0 saturated carbocycles. The van der Waals surface area contributed by atoms with Crippen LogP contribution in [0.5, 0.6) is 11.5 Å². The predicted octanol–water partition coefficient (Wildman–Crippen LogP) is 4.23. The van der Waals surface area contributed by atoms with Crippen molar-refractivity contribution in [3.05, 3.63) is 63.0 Å². The number of amides is 2. The highest BCUT2D eigenvalue weighted by atomic mass is 35.5. The molecule has 1 fully saturated rings. The second-order valence-corrected chi connectivity index (χ2v) is 8.30. The Kier molecular flexibility index (Phi) is 8.19. The minimum atomic E-state index is -1.05. The van der Waals surface area contributed by atoms with E-state index < -0.39 is 29.6 Å². The molecule has 2 amide bonds. The number of halogens is 1. The second kappa shape index (κ2) is 11.1. The molecule has 3 rings (SSSR count). The number of methoxy groups -OCH3 is 1. The van der Waals surface area contributed by atoms with Crippen molar-refractivity contribution < 1.29 is 38.5 Å². The average molecular weight is 506 g/mol. The van der Waals surface area contributed by atoms with Gasteiger partial charge in [-0.05, 0) is 60.2 Å². The Bertz CT molecular complexity index is 1180. The van der Waals surface area contributed by atoms with Crippen LogP contribution in [0.15, 0.2) is 41.3 Å². The molecule has 0 aliphatic carbocycles. The zero-order valence-electron chi connectivity index (χ0n) is 18.2. The zero-order valence-corrected chi connectivity index (χ0v) is 19.8. The molecule has 1 aliphatic rings. The predicted molar refractivity (Wildman–Crippen MR) is 125 cm³/mol. The Morgan fingerprint density at radius 1 is 1.21 bits per heavy atom. The molecular formula is C23H20ClNO8S. The molecule has 0 radical (unpaired) electrons. The first-order valence-corrected chi connectivity index (χ1v) is 11.2. The topological polar surface area (TPSA) is 119 Å². The Morgan fingerprint density at radius 3 is 2.65 bits per heavy atom. The van der Waals surface area contributed by atoms with Crippen LogP contribution in [0.25, 0.3) is 6.08 Å². The van der Waals surface area contributed by atoms with Crippen LogP contribution in [0, 0.1) is 0 Å². The highest BCUT2D eigenvalue weighted by molar-refractivity contribution is 8.18. The monoisotopic (exact) mass is 505 g/mol. The lowest BCUT2D eigenvalue weighted by molar-refractivity contribution is -0.145. The van der Waals surface area contributed by atoms with Gasteiger partial charge in [-0.3, -0.25) is 19.3 Å². The third-order valence-electron chi connectivity index (χ3n) is 4.57. The Balaban J connectivity index is 1.79. The van der Waals surface area contributed by atoms with Crippen molar-refractivity contribution in [3.8, 4) is 11.5 Å². The molecule has 11 heteroatoms. The van der Waals surface area contributed by atoms with Crippen LogP contribution in [-0.2, 0) is 20.9 Å². The van der Waals surface area contributed by atoms with Crippen LogP contribution in [-0.4, -0.2) is 53.4 Å². The van der Waals surface area contributed by atoms with Crippen molar-refractivity contribution in [1.29, 1.82) is 0 Å². The van der Waals surface area contributed by atoms with E-state index in [9.17, 15) is 19.2 Å². The standard InChI is InChI=1S/C23H20ClNO8S/c1-3-32-19(26)11-25-21(27)18(34-23(25)30)10-14-8-16(24)20(17(9-14)31-2)33-12-13-5-4-6-15(7-13)22(28)29/h4-10H,3,11-12H2,1-2H3,(H,28,29)/b18-10+. The summed E-state index contributed by atoms with van der Waals surface area (Å²) in [5.74, 6) is -1.83. The Morgan fingerprint density at radius 2 is 1.97 bits per heavy atom. The number of thioether (sulfide) groups is 1. The number of carboxylic acids is 1. The van der Waals surface area contributed by atoms with E-state index in [1.54, 1.807) is 25.1 Å². The van der Waals surface area contributed by atoms with Gasteiger partial charge in [0.15, 0.2) is 11.5 Å². The minimum Gasteiger partial charge on any atom is -0.493 e. The third kappa shape index (κ3) is 5.89. The van der Waals surface area contributed by atoms with Crippen molar-refractivity contribution in [1.82, 2.24) is 4.90 Å². The number of esters is 1. The summed E-state index contributed by atoms with van der Waals surface area (Å²) in [5.41, 5.74) is 1.23. The molecule has 9 nitrogen and oxygen atoms in total. The summed E-state index contributed by atoms with van der Waals surface area (Å²) in [6.07, 6.45) is 1.46. The molecule has 2 aromatic rings. The summed E-state index contributed by atoms with van der Waals surface area (Å²) < 4.78 is 15.9. The molecule has 0 unspecified atom stereocenters. The SMILES string of the molecule is CCOC(=O)CN1C(=O)S/C(=C/c2cc(Cl)c(OCc3cccc(C(=O)O)c3)c(OC)c2)C1=O. The van der Waals surface area contributed by atoms with E-state index in [-0.39, 0.29) is 40.2 Å². The van der Waals surface area contributed by atoms with E-state index in [4.69, 9.17) is 30.9 Å². The summed E-state index contributed by atoms with van der Waals surface area (Å²) in [5, 5.41) is 8.73. The third-order valence-corrected chi connectivity index (χ3v) is 5.76. The van der Waals surface area contributed by atoms with Crippen LogP contribution in [0.3, 0.4) is 0 Å². The molecule has 0 atom stereocenters. The molecular weight excluding hydrogens is 486 g/mol. The second-order valence-electron chi connectivity index (χ2n) is 6.90. The minimum absolute atomic E-state index is 0.0449. The normalized spacial score (nSPS) is 14.4. The van der Waals surface area contributed by atoms with Crippen LogP contribution >= 0.6 is 23.4 Å². The van der Waals surface area contributed by atoms with Gasteiger partial charge in [-0.25, -0.2) is 4.79 Å². The molecule has 1 N–H and O–H groups in total. The number of aromatic carboxylic acids is 1. The van der Waals surface area contributed by atoms with Crippen molar-refractivity contribution in [2.75, 3.05) is 20.3 Å². The number of rotatable bonds is 9.